The summed E-state index contributed by atoms with van der Waals surface area (Å²) in [6, 6.07) is 0. The lowest BCUT2D eigenvalue weighted by Gasteiger charge is -2.24. The van der Waals surface area contributed by atoms with Crippen molar-refractivity contribution < 1.29 is 14.3 Å². The van der Waals surface area contributed by atoms with E-state index in [4.69, 9.17) is 9.47 Å². The molecule has 3 heteroatoms. The van der Waals surface area contributed by atoms with Crippen LogP contribution in [-0.2, 0) is 14.3 Å². The van der Waals surface area contributed by atoms with Crippen molar-refractivity contribution in [2.75, 3.05) is 6.61 Å². The zero-order valence-electron chi connectivity index (χ0n) is 7.50. The fourth-order valence-corrected chi connectivity index (χ4v) is 2.11. The topological polar surface area (TPSA) is 35.5 Å². The van der Waals surface area contributed by atoms with E-state index in [-0.39, 0.29) is 23.6 Å². The zero-order valence-corrected chi connectivity index (χ0v) is 7.50. The molecule has 2 aliphatic heterocycles. The van der Waals surface area contributed by atoms with Crippen molar-refractivity contribution in [3.8, 4) is 0 Å². The quantitative estimate of drug-likeness (QED) is 0.511. The first-order valence-corrected chi connectivity index (χ1v) is 4.48. The maximum atomic E-state index is 11.2. The van der Waals surface area contributed by atoms with Crippen LogP contribution in [0.15, 0.2) is 0 Å². The minimum Gasteiger partial charge on any atom is -0.456 e. The third-order valence-electron chi connectivity index (χ3n) is 2.99. The second kappa shape index (κ2) is 2.46. The molecule has 0 amide bonds. The molecular formula is C9H14O3. The Kier molecular flexibility index (Phi) is 1.65. The molecule has 3 nitrogen and oxygen atoms in total. The van der Waals surface area contributed by atoms with Crippen LogP contribution in [0.1, 0.15) is 26.7 Å². The molecule has 0 saturated carbocycles. The van der Waals surface area contributed by atoms with Gasteiger partial charge in [-0.05, 0) is 6.92 Å². The van der Waals surface area contributed by atoms with Gasteiger partial charge in [0.2, 0.25) is 0 Å². The predicted octanol–water partition coefficient (Wildman–Crippen LogP) is 1.12. The van der Waals surface area contributed by atoms with Crippen molar-refractivity contribution in [2.24, 2.45) is 5.92 Å². The van der Waals surface area contributed by atoms with Crippen molar-refractivity contribution in [3.63, 3.8) is 0 Å². The van der Waals surface area contributed by atoms with Gasteiger partial charge in [0.25, 0.3) is 0 Å². The van der Waals surface area contributed by atoms with Crippen molar-refractivity contribution in [1.82, 2.24) is 0 Å². The second-order valence-corrected chi connectivity index (χ2v) is 3.85. The molecule has 2 saturated heterocycles. The van der Waals surface area contributed by atoms with Crippen molar-refractivity contribution >= 4 is 5.97 Å². The van der Waals surface area contributed by atoms with E-state index in [2.05, 4.69) is 0 Å². The molecule has 12 heavy (non-hydrogen) atoms. The molecule has 68 valence electrons. The van der Waals surface area contributed by atoms with E-state index in [1.54, 1.807) is 0 Å². The van der Waals surface area contributed by atoms with Crippen LogP contribution < -0.4 is 0 Å². The van der Waals surface area contributed by atoms with E-state index in [0.29, 0.717) is 0 Å². The van der Waals surface area contributed by atoms with Gasteiger partial charge in [-0.1, -0.05) is 6.92 Å². The normalized spacial score (nSPS) is 47.0. The van der Waals surface area contributed by atoms with Crippen LogP contribution in [0.5, 0.6) is 0 Å². The summed E-state index contributed by atoms with van der Waals surface area (Å²) in [5, 5.41) is 0. The van der Waals surface area contributed by atoms with E-state index in [1.165, 1.54) is 0 Å². The molecule has 2 fully saturated rings. The molecule has 0 aromatic rings. The molecule has 2 aliphatic rings. The number of carbonyl (C=O) groups excluding carboxylic acids is 1. The van der Waals surface area contributed by atoms with Gasteiger partial charge in [0.05, 0.1) is 18.6 Å². The number of esters is 1. The standard InChI is InChI=1S/C9H14O3/c1-6-5-9(12-8(6)10)3-4-11-7(9)2/h6-7H,3-5H2,1-2H3. The number of carbonyl (C=O) groups is 1. The zero-order chi connectivity index (χ0) is 8.77. The molecule has 0 N–H and O–H groups in total. The van der Waals surface area contributed by atoms with Gasteiger partial charge in [0.1, 0.15) is 5.60 Å². The summed E-state index contributed by atoms with van der Waals surface area (Å²) in [5.74, 6) is -0.0125. The van der Waals surface area contributed by atoms with Crippen LogP contribution in [0.4, 0.5) is 0 Å². The van der Waals surface area contributed by atoms with Crippen LogP contribution in [0.3, 0.4) is 0 Å². The molecule has 3 atom stereocenters. The number of hydrogen-bond acceptors (Lipinski definition) is 3. The Labute approximate surface area is 72.0 Å². The van der Waals surface area contributed by atoms with Gasteiger partial charge in [-0.15, -0.1) is 0 Å². The SMILES string of the molecule is CC1CC2(CCOC2C)OC1=O. The number of rotatable bonds is 0. The highest BCUT2D eigenvalue weighted by Gasteiger charge is 2.51. The molecule has 1 spiro atoms. The van der Waals surface area contributed by atoms with E-state index < -0.39 is 0 Å². The maximum absolute atomic E-state index is 11.2. The molecule has 0 aromatic carbocycles. The van der Waals surface area contributed by atoms with E-state index in [9.17, 15) is 4.79 Å². The third-order valence-corrected chi connectivity index (χ3v) is 2.99. The largest absolute Gasteiger partial charge is 0.456 e. The smallest absolute Gasteiger partial charge is 0.309 e. The first-order valence-electron chi connectivity index (χ1n) is 4.48. The summed E-state index contributed by atoms with van der Waals surface area (Å²) in [6.45, 7) is 4.63. The number of ether oxygens (including phenoxy) is 2. The Balaban J connectivity index is 2.18. The lowest BCUT2D eigenvalue weighted by molar-refractivity contribution is -0.153. The Morgan fingerprint density at radius 3 is 2.67 bits per heavy atom. The van der Waals surface area contributed by atoms with Crippen molar-refractivity contribution in [1.29, 1.82) is 0 Å². The molecule has 2 heterocycles. The Morgan fingerprint density at radius 1 is 1.50 bits per heavy atom. The Bertz CT molecular complexity index is 214. The Morgan fingerprint density at radius 2 is 2.25 bits per heavy atom. The third kappa shape index (κ3) is 0.959. The Hall–Kier alpha value is -0.570. The van der Waals surface area contributed by atoms with Gasteiger partial charge >= 0.3 is 5.97 Å². The minimum absolute atomic E-state index is 0.0501. The average Bonchev–Trinajstić information content (AvgIpc) is 2.45. The lowest BCUT2D eigenvalue weighted by atomic mass is 9.89. The summed E-state index contributed by atoms with van der Waals surface area (Å²) >= 11 is 0. The van der Waals surface area contributed by atoms with Crippen LogP contribution in [0.25, 0.3) is 0 Å². The molecule has 3 unspecified atom stereocenters. The first-order chi connectivity index (χ1) is 5.64. The van der Waals surface area contributed by atoms with Gasteiger partial charge < -0.3 is 9.47 Å². The van der Waals surface area contributed by atoms with Gasteiger partial charge in [-0.25, -0.2) is 0 Å². The summed E-state index contributed by atoms with van der Waals surface area (Å²) in [7, 11) is 0. The van der Waals surface area contributed by atoms with E-state index in [0.717, 1.165) is 19.4 Å². The predicted molar refractivity (Wildman–Crippen MR) is 42.6 cm³/mol. The van der Waals surface area contributed by atoms with E-state index in [1.807, 2.05) is 13.8 Å². The summed E-state index contributed by atoms with van der Waals surface area (Å²) < 4.78 is 10.8. The second-order valence-electron chi connectivity index (χ2n) is 3.85. The highest BCUT2D eigenvalue weighted by Crippen LogP contribution is 2.41. The van der Waals surface area contributed by atoms with Gasteiger partial charge in [-0.2, -0.15) is 0 Å². The van der Waals surface area contributed by atoms with Gasteiger partial charge in [0, 0.05) is 12.8 Å². The molecular weight excluding hydrogens is 156 g/mol. The minimum atomic E-state index is -0.281. The van der Waals surface area contributed by atoms with Crippen LogP contribution in [0.2, 0.25) is 0 Å². The number of hydrogen-bond donors (Lipinski definition) is 0. The van der Waals surface area contributed by atoms with Crippen LogP contribution in [-0.4, -0.2) is 24.3 Å². The van der Waals surface area contributed by atoms with E-state index >= 15 is 0 Å². The van der Waals surface area contributed by atoms with Crippen molar-refractivity contribution in [2.45, 2.75) is 38.4 Å². The summed E-state index contributed by atoms with van der Waals surface area (Å²) in [4.78, 5) is 11.2. The molecule has 0 aliphatic carbocycles. The first kappa shape index (κ1) is 8.05. The van der Waals surface area contributed by atoms with Gasteiger partial charge in [-0.3, -0.25) is 4.79 Å². The molecule has 0 aromatic heterocycles. The summed E-state index contributed by atoms with van der Waals surface area (Å²) in [6.07, 6.45) is 1.77. The molecule has 2 rings (SSSR count). The van der Waals surface area contributed by atoms with Crippen LogP contribution in [0, 0.1) is 5.92 Å². The maximum Gasteiger partial charge on any atom is 0.309 e. The van der Waals surface area contributed by atoms with Crippen LogP contribution >= 0.6 is 0 Å². The highest BCUT2D eigenvalue weighted by molar-refractivity contribution is 5.75. The monoisotopic (exact) mass is 170 g/mol. The summed E-state index contributed by atoms with van der Waals surface area (Å²) in [5.41, 5.74) is -0.281. The van der Waals surface area contributed by atoms with Gasteiger partial charge in [0.15, 0.2) is 0 Å². The fourth-order valence-electron chi connectivity index (χ4n) is 2.11. The fraction of sp³-hybridized carbons (Fsp3) is 0.889. The highest BCUT2D eigenvalue weighted by atomic mass is 16.6. The van der Waals surface area contributed by atoms with Crippen molar-refractivity contribution in [3.05, 3.63) is 0 Å². The molecule has 0 radical (unpaired) electrons. The lowest BCUT2D eigenvalue weighted by Crippen LogP contribution is -2.35. The molecule has 0 bridgehead atoms. The average molecular weight is 170 g/mol.